The normalized spacial score (nSPS) is 16.0. The maximum absolute atomic E-state index is 12.1. The minimum absolute atomic E-state index is 0.0513. The van der Waals surface area contributed by atoms with Crippen LogP contribution in [0.3, 0.4) is 0 Å². The Kier molecular flexibility index (Phi) is 5.13. The van der Waals surface area contributed by atoms with Crippen molar-refractivity contribution in [3.63, 3.8) is 0 Å². The lowest BCUT2D eigenvalue weighted by molar-refractivity contribution is -0.138. The Bertz CT molecular complexity index is 769. The fourth-order valence-electron chi connectivity index (χ4n) is 2.90. The average Bonchev–Trinajstić information content (AvgIpc) is 3.05. The van der Waals surface area contributed by atoms with E-state index in [0.717, 1.165) is 18.8 Å². The van der Waals surface area contributed by atoms with Crippen LogP contribution in [0.4, 0.5) is 11.4 Å². The van der Waals surface area contributed by atoms with Gasteiger partial charge in [-0.2, -0.15) is 0 Å². The number of morpholine rings is 1. The first-order valence-electron chi connectivity index (χ1n) is 8.14. The molecule has 134 valence electrons. The van der Waals surface area contributed by atoms with Gasteiger partial charge in [0.2, 0.25) is 5.91 Å². The number of carboxylic acids is 1. The lowest BCUT2D eigenvalue weighted by Gasteiger charge is -2.28. The molecule has 3 rings (SSSR count). The first kappa shape index (κ1) is 17.2. The highest BCUT2D eigenvalue weighted by Gasteiger charge is 2.20. The van der Waals surface area contributed by atoms with E-state index in [9.17, 15) is 9.59 Å². The molecule has 0 bridgehead atoms. The van der Waals surface area contributed by atoms with E-state index in [1.165, 1.54) is 0 Å². The number of carbonyl (C=O) groups excluding carboxylic acids is 1. The summed E-state index contributed by atoms with van der Waals surface area (Å²) in [6.45, 7) is 4.52. The molecular formula is C16H20N4O5. The topological polar surface area (TPSA) is 118 Å². The van der Waals surface area contributed by atoms with Gasteiger partial charge in [-0.3, -0.25) is 9.59 Å². The van der Waals surface area contributed by atoms with E-state index in [0.29, 0.717) is 29.9 Å². The molecule has 0 aliphatic carbocycles. The number of hydrogen-bond acceptors (Lipinski definition) is 7. The SMILES string of the molecule is C[C@@H](CC(=O)O)CC(=O)Nc1ccc(N2CCOCC2)c2nonc12. The molecule has 0 unspecified atom stereocenters. The van der Waals surface area contributed by atoms with E-state index in [1.54, 1.807) is 13.0 Å². The van der Waals surface area contributed by atoms with Gasteiger partial charge in [-0.25, -0.2) is 4.63 Å². The molecule has 2 heterocycles. The molecule has 9 heteroatoms. The summed E-state index contributed by atoms with van der Waals surface area (Å²) in [4.78, 5) is 25.0. The van der Waals surface area contributed by atoms with Crippen molar-refractivity contribution in [1.82, 2.24) is 10.3 Å². The maximum atomic E-state index is 12.1. The zero-order valence-corrected chi connectivity index (χ0v) is 13.9. The highest BCUT2D eigenvalue weighted by molar-refractivity contribution is 6.03. The van der Waals surface area contributed by atoms with Crippen LogP contribution in [-0.4, -0.2) is 53.6 Å². The van der Waals surface area contributed by atoms with Crippen LogP contribution in [-0.2, 0) is 14.3 Å². The van der Waals surface area contributed by atoms with E-state index in [1.807, 2.05) is 6.07 Å². The molecule has 2 N–H and O–H groups in total. The summed E-state index contributed by atoms with van der Waals surface area (Å²) in [6, 6.07) is 3.63. The molecule has 1 fully saturated rings. The summed E-state index contributed by atoms with van der Waals surface area (Å²) in [7, 11) is 0. The smallest absolute Gasteiger partial charge is 0.303 e. The third kappa shape index (κ3) is 4.05. The van der Waals surface area contributed by atoms with Gasteiger partial charge < -0.3 is 20.1 Å². The van der Waals surface area contributed by atoms with Crippen LogP contribution in [0.15, 0.2) is 16.8 Å². The van der Waals surface area contributed by atoms with E-state index < -0.39 is 5.97 Å². The first-order chi connectivity index (χ1) is 12.0. The molecule has 1 aromatic heterocycles. The zero-order valence-electron chi connectivity index (χ0n) is 13.9. The third-order valence-electron chi connectivity index (χ3n) is 4.08. The minimum atomic E-state index is -0.918. The second-order valence-electron chi connectivity index (χ2n) is 6.15. The summed E-state index contributed by atoms with van der Waals surface area (Å²) in [6.07, 6.45) is 0.0641. The Morgan fingerprint density at radius 1 is 1.24 bits per heavy atom. The summed E-state index contributed by atoms with van der Waals surface area (Å²) in [5.74, 6) is -1.44. The van der Waals surface area contributed by atoms with Crippen molar-refractivity contribution in [2.24, 2.45) is 5.92 Å². The molecule has 1 aliphatic heterocycles. The number of carbonyl (C=O) groups is 2. The summed E-state index contributed by atoms with van der Waals surface area (Å²) in [5.41, 5.74) is 2.44. The lowest BCUT2D eigenvalue weighted by atomic mass is 10.0. The van der Waals surface area contributed by atoms with Crippen molar-refractivity contribution >= 4 is 34.3 Å². The van der Waals surface area contributed by atoms with Crippen LogP contribution in [0.5, 0.6) is 0 Å². The lowest BCUT2D eigenvalue weighted by Crippen LogP contribution is -2.36. The van der Waals surface area contributed by atoms with Crippen LogP contribution in [0.25, 0.3) is 11.0 Å². The van der Waals surface area contributed by atoms with Crippen LogP contribution in [0.1, 0.15) is 19.8 Å². The third-order valence-corrected chi connectivity index (χ3v) is 4.08. The second-order valence-corrected chi connectivity index (χ2v) is 6.15. The van der Waals surface area contributed by atoms with Gasteiger partial charge in [0.25, 0.3) is 0 Å². The van der Waals surface area contributed by atoms with Gasteiger partial charge in [-0.1, -0.05) is 6.92 Å². The van der Waals surface area contributed by atoms with E-state index in [2.05, 4.69) is 20.5 Å². The Labute approximate surface area is 143 Å². The molecule has 9 nitrogen and oxygen atoms in total. The average molecular weight is 348 g/mol. The largest absolute Gasteiger partial charge is 0.481 e. The minimum Gasteiger partial charge on any atom is -0.481 e. The van der Waals surface area contributed by atoms with Crippen molar-refractivity contribution < 1.29 is 24.1 Å². The summed E-state index contributed by atoms with van der Waals surface area (Å²) in [5, 5.41) is 19.4. The number of carboxylic acid groups (broad SMARTS) is 1. The number of aromatic nitrogens is 2. The van der Waals surface area contributed by atoms with Crippen LogP contribution in [0, 0.1) is 5.92 Å². The van der Waals surface area contributed by atoms with E-state index in [4.69, 9.17) is 14.5 Å². The molecular weight excluding hydrogens is 328 g/mol. The number of ether oxygens (including phenoxy) is 1. The number of nitrogens with zero attached hydrogens (tertiary/aromatic N) is 3. The van der Waals surface area contributed by atoms with Gasteiger partial charge in [-0.05, 0) is 28.4 Å². The molecule has 1 atom stereocenters. The van der Waals surface area contributed by atoms with E-state index in [-0.39, 0.29) is 24.7 Å². The summed E-state index contributed by atoms with van der Waals surface area (Å²) >= 11 is 0. The molecule has 1 amide bonds. The van der Waals surface area contributed by atoms with Crippen LogP contribution in [0.2, 0.25) is 0 Å². The summed E-state index contributed by atoms with van der Waals surface area (Å²) < 4.78 is 10.2. The monoisotopic (exact) mass is 348 g/mol. The van der Waals surface area contributed by atoms with Crippen molar-refractivity contribution in [2.75, 3.05) is 36.5 Å². The highest BCUT2D eigenvalue weighted by Crippen LogP contribution is 2.30. The predicted octanol–water partition coefficient (Wildman–Crippen LogP) is 1.50. The van der Waals surface area contributed by atoms with Gasteiger partial charge >= 0.3 is 5.97 Å². The zero-order chi connectivity index (χ0) is 17.8. The Balaban J connectivity index is 1.75. The van der Waals surface area contributed by atoms with Crippen molar-refractivity contribution in [2.45, 2.75) is 19.8 Å². The number of amides is 1. The molecule has 0 spiro atoms. The van der Waals surface area contributed by atoms with Crippen LogP contribution >= 0.6 is 0 Å². The quantitative estimate of drug-likeness (QED) is 0.806. The molecule has 25 heavy (non-hydrogen) atoms. The van der Waals surface area contributed by atoms with Gasteiger partial charge in [0.15, 0.2) is 11.0 Å². The number of fused-ring (bicyclic) bond motifs is 1. The number of hydrogen-bond donors (Lipinski definition) is 2. The number of anilines is 2. The standard InChI is InChI=1S/C16H20N4O5/c1-10(9-14(22)23)8-13(21)17-11-2-3-12(16-15(11)18-25-19-16)20-4-6-24-7-5-20/h2-3,10H,4-9H2,1H3,(H,17,21)(H,22,23)/t10-/m1/s1. The number of rotatable bonds is 6. The first-order valence-corrected chi connectivity index (χ1v) is 8.14. The van der Waals surface area contributed by atoms with Gasteiger partial charge in [-0.15, -0.1) is 0 Å². The van der Waals surface area contributed by atoms with Crippen molar-refractivity contribution in [1.29, 1.82) is 0 Å². The van der Waals surface area contributed by atoms with Gasteiger partial charge in [0, 0.05) is 25.9 Å². The molecule has 1 aromatic carbocycles. The van der Waals surface area contributed by atoms with Crippen LogP contribution < -0.4 is 10.2 Å². The molecule has 1 aliphatic rings. The number of benzene rings is 1. The number of aliphatic carboxylic acids is 1. The fraction of sp³-hybridized carbons (Fsp3) is 0.500. The van der Waals surface area contributed by atoms with Gasteiger partial charge in [0.1, 0.15) is 0 Å². The Hall–Kier alpha value is -2.68. The van der Waals surface area contributed by atoms with Crippen molar-refractivity contribution in [3.05, 3.63) is 12.1 Å². The predicted molar refractivity (Wildman–Crippen MR) is 89.5 cm³/mol. The molecule has 0 saturated carbocycles. The highest BCUT2D eigenvalue weighted by atomic mass is 16.6. The van der Waals surface area contributed by atoms with Crippen molar-refractivity contribution in [3.8, 4) is 0 Å². The van der Waals surface area contributed by atoms with E-state index >= 15 is 0 Å². The fourth-order valence-corrected chi connectivity index (χ4v) is 2.90. The Morgan fingerprint density at radius 2 is 1.96 bits per heavy atom. The molecule has 0 radical (unpaired) electrons. The number of nitrogens with one attached hydrogen (secondary N) is 1. The Morgan fingerprint density at radius 3 is 2.68 bits per heavy atom. The second kappa shape index (κ2) is 7.47. The molecule has 2 aromatic rings. The maximum Gasteiger partial charge on any atom is 0.303 e. The van der Waals surface area contributed by atoms with Gasteiger partial charge in [0.05, 0.1) is 24.6 Å². The molecule has 1 saturated heterocycles.